The fraction of sp³-hybridized carbons (Fsp3) is 0.0145. The molecular formula is C69H44N4S. The van der Waals surface area contributed by atoms with E-state index in [1.54, 1.807) is 0 Å². The molecule has 2 aliphatic rings. The summed E-state index contributed by atoms with van der Waals surface area (Å²) in [7, 11) is 0. The normalized spacial score (nSPS) is 12.9. The molecule has 0 fully saturated rings. The van der Waals surface area contributed by atoms with Crippen LogP contribution in [0.3, 0.4) is 0 Å². The second-order valence-corrected chi connectivity index (χ2v) is 20.4. The van der Waals surface area contributed by atoms with Crippen molar-refractivity contribution in [1.82, 2.24) is 19.1 Å². The smallest absolute Gasteiger partial charge is 0.145 e. The van der Waals surface area contributed by atoms with Crippen molar-refractivity contribution >= 4 is 33.8 Å². The molecule has 0 saturated carbocycles. The fourth-order valence-electron chi connectivity index (χ4n) is 11.9. The van der Waals surface area contributed by atoms with Crippen molar-refractivity contribution in [3.63, 3.8) is 0 Å². The molecule has 0 radical (unpaired) electrons. The predicted molar refractivity (Wildman–Crippen MR) is 304 cm³/mol. The zero-order valence-electron chi connectivity index (χ0n) is 40.1. The summed E-state index contributed by atoms with van der Waals surface area (Å²) in [5.74, 6) is 1.82. The molecule has 2 aromatic heterocycles. The third-order valence-corrected chi connectivity index (χ3v) is 16.3. The summed E-state index contributed by atoms with van der Waals surface area (Å²) in [4.78, 5) is 13.4. The van der Waals surface area contributed by atoms with E-state index in [1.807, 2.05) is 11.8 Å². The van der Waals surface area contributed by atoms with E-state index in [1.165, 1.54) is 43.2 Å². The largest absolute Gasteiger partial charge is 0.292 e. The topological polar surface area (TPSA) is 35.6 Å². The van der Waals surface area contributed by atoms with E-state index in [-0.39, 0.29) is 0 Å². The first-order valence-electron chi connectivity index (χ1n) is 25.2. The van der Waals surface area contributed by atoms with Gasteiger partial charge in [-0.25, -0.2) is 9.97 Å². The predicted octanol–water partition coefficient (Wildman–Crippen LogP) is 17.5. The SMILES string of the molecule is c1ccc(-c2nc3cc(-c4cc(-c5ccc6c(c5)C5(c7ccccc7Sc7ccccc75)c5ccccc5-6)cc(-c5ccc6c(c5)nc(-c5ccccc5)n6-c5ccccc5)c4)ccc3n2-c2ccccc2)cc1. The van der Waals surface area contributed by atoms with E-state index < -0.39 is 5.41 Å². The molecule has 0 atom stereocenters. The highest BCUT2D eigenvalue weighted by Gasteiger charge is 2.50. The van der Waals surface area contributed by atoms with E-state index >= 15 is 0 Å². The maximum Gasteiger partial charge on any atom is 0.145 e. The van der Waals surface area contributed by atoms with Crippen molar-refractivity contribution in [1.29, 1.82) is 0 Å². The first kappa shape index (κ1) is 42.4. The van der Waals surface area contributed by atoms with Gasteiger partial charge in [0.2, 0.25) is 0 Å². The molecule has 0 amide bonds. The average molecular weight is 961 g/mol. The van der Waals surface area contributed by atoms with Crippen LogP contribution >= 0.6 is 11.8 Å². The summed E-state index contributed by atoms with van der Waals surface area (Å²) >= 11 is 1.88. The number of hydrogen-bond donors (Lipinski definition) is 0. The van der Waals surface area contributed by atoms with Crippen LogP contribution in [-0.2, 0) is 5.41 Å². The third-order valence-electron chi connectivity index (χ3n) is 15.2. The van der Waals surface area contributed by atoms with Gasteiger partial charge in [-0.15, -0.1) is 0 Å². The Balaban J connectivity index is 0.955. The Morgan fingerprint density at radius 1 is 0.284 bits per heavy atom. The zero-order chi connectivity index (χ0) is 48.7. The standard InChI is InChI=1S/C69H44N4S/c1-5-19-45(20-6-1)67-70-61-43-48(34-37-63(61)72(67)53-23-9-3-10-24-53)51-39-50(40-52(41-51)49-35-38-64-62(44-49)71-68(46-21-7-2-8-22-46)73(64)54-25-11-4-12-26-54)47-33-36-56-55-27-13-14-28-57(55)69(60(56)42-47)58-29-15-17-31-65(58)74-66-32-18-16-30-59(66)69/h1-44H. The Hall–Kier alpha value is -9.29. The summed E-state index contributed by atoms with van der Waals surface area (Å²) < 4.78 is 4.56. The Labute approximate surface area is 433 Å². The highest BCUT2D eigenvalue weighted by Crippen LogP contribution is 2.62. The number of imidazole rings is 2. The minimum atomic E-state index is -0.487. The van der Waals surface area contributed by atoms with Crippen LogP contribution in [0.1, 0.15) is 22.3 Å². The van der Waals surface area contributed by atoms with Crippen LogP contribution in [0, 0.1) is 0 Å². The number of hydrogen-bond acceptors (Lipinski definition) is 3. The summed E-state index contributed by atoms with van der Waals surface area (Å²) in [6.07, 6.45) is 0. The van der Waals surface area contributed by atoms with Crippen LogP contribution in [0.15, 0.2) is 277 Å². The van der Waals surface area contributed by atoms with Gasteiger partial charge in [-0.05, 0) is 152 Å². The summed E-state index contributed by atoms with van der Waals surface area (Å²) in [6.45, 7) is 0. The fourth-order valence-corrected chi connectivity index (χ4v) is 13.1. The van der Waals surface area contributed by atoms with Crippen molar-refractivity contribution in [3.05, 3.63) is 289 Å². The van der Waals surface area contributed by atoms with Crippen LogP contribution in [0.25, 0.3) is 101 Å². The summed E-state index contributed by atoms with van der Waals surface area (Å²) in [5.41, 5.74) is 22.3. The number of aromatic nitrogens is 4. The van der Waals surface area contributed by atoms with Crippen LogP contribution in [0.2, 0.25) is 0 Å². The number of rotatable bonds is 7. The van der Waals surface area contributed by atoms with Gasteiger partial charge in [-0.2, -0.15) is 0 Å². The molecule has 3 heterocycles. The van der Waals surface area contributed by atoms with Crippen LogP contribution in [0.4, 0.5) is 0 Å². The molecule has 1 aliphatic heterocycles. The molecule has 13 aromatic rings. The van der Waals surface area contributed by atoms with Gasteiger partial charge in [0.15, 0.2) is 0 Å². The molecule has 74 heavy (non-hydrogen) atoms. The molecule has 4 nitrogen and oxygen atoms in total. The Morgan fingerprint density at radius 2 is 0.676 bits per heavy atom. The Kier molecular flexibility index (Phi) is 9.69. The second kappa shape index (κ2) is 16.9. The van der Waals surface area contributed by atoms with Gasteiger partial charge in [0.1, 0.15) is 11.6 Å². The highest BCUT2D eigenvalue weighted by atomic mass is 32.2. The summed E-state index contributed by atoms with van der Waals surface area (Å²) in [6, 6.07) is 97.1. The van der Waals surface area contributed by atoms with E-state index in [9.17, 15) is 0 Å². The third kappa shape index (κ3) is 6.57. The molecule has 1 spiro atoms. The molecule has 5 heteroatoms. The minimum absolute atomic E-state index is 0.487. The Morgan fingerprint density at radius 3 is 1.18 bits per heavy atom. The van der Waals surface area contributed by atoms with Crippen molar-refractivity contribution in [3.8, 4) is 78.7 Å². The van der Waals surface area contributed by atoms with Crippen LogP contribution in [0.5, 0.6) is 0 Å². The molecular weight excluding hydrogens is 917 g/mol. The molecule has 0 N–H and O–H groups in total. The van der Waals surface area contributed by atoms with Gasteiger partial charge in [0.25, 0.3) is 0 Å². The van der Waals surface area contributed by atoms with Crippen LogP contribution < -0.4 is 0 Å². The second-order valence-electron chi connectivity index (χ2n) is 19.3. The van der Waals surface area contributed by atoms with E-state index in [2.05, 4.69) is 276 Å². The molecule has 0 saturated heterocycles. The van der Waals surface area contributed by atoms with Gasteiger partial charge < -0.3 is 0 Å². The molecule has 11 aromatic carbocycles. The van der Waals surface area contributed by atoms with Gasteiger partial charge in [-0.3, -0.25) is 9.13 Å². The van der Waals surface area contributed by atoms with E-state index in [0.29, 0.717) is 0 Å². The quantitative estimate of drug-likeness (QED) is 0.160. The van der Waals surface area contributed by atoms with Crippen molar-refractivity contribution in [2.45, 2.75) is 15.2 Å². The van der Waals surface area contributed by atoms with Gasteiger partial charge >= 0.3 is 0 Å². The first-order valence-corrected chi connectivity index (χ1v) is 26.0. The van der Waals surface area contributed by atoms with Gasteiger partial charge in [0, 0.05) is 32.3 Å². The maximum atomic E-state index is 5.40. The highest BCUT2D eigenvalue weighted by molar-refractivity contribution is 7.99. The van der Waals surface area contributed by atoms with E-state index in [4.69, 9.17) is 9.97 Å². The number of nitrogens with zero attached hydrogens (tertiary/aromatic N) is 4. The Bertz CT molecular complexity index is 4100. The monoisotopic (exact) mass is 960 g/mol. The zero-order valence-corrected chi connectivity index (χ0v) is 40.9. The lowest BCUT2D eigenvalue weighted by molar-refractivity contribution is 0.722. The number of para-hydroxylation sites is 2. The van der Waals surface area contributed by atoms with Crippen molar-refractivity contribution < 1.29 is 0 Å². The van der Waals surface area contributed by atoms with Crippen molar-refractivity contribution in [2.75, 3.05) is 0 Å². The molecule has 346 valence electrons. The number of fused-ring (bicyclic) bond motifs is 11. The molecule has 15 rings (SSSR count). The average Bonchev–Trinajstić information content (AvgIpc) is 4.20. The first-order chi connectivity index (χ1) is 36.7. The maximum absolute atomic E-state index is 5.40. The molecule has 1 aliphatic carbocycles. The van der Waals surface area contributed by atoms with Crippen molar-refractivity contribution in [2.24, 2.45) is 0 Å². The lowest BCUT2D eigenvalue weighted by Crippen LogP contribution is -2.31. The van der Waals surface area contributed by atoms with Gasteiger partial charge in [-0.1, -0.05) is 194 Å². The lowest BCUT2D eigenvalue weighted by Gasteiger charge is -2.39. The number of benzene rings is 11. The van der Waals surface area contributed by atoms with E-state index in [0.717, 1.165) is 89.6 Å². The lowest BCUT2D eigenvalue weighted by atomic mass is 9.67. The minimum Gasteiger partial charge on any atom is -0.292 e. The molecule has 0 unspecified atom stereocenters. The van der Waals surface area contributed by atoms with Crippen LogP contribution in [-0.4, -0.2) is 19.1 Å². The summed E-state index contributed by atoms with van der Waals surface area (Å²) in [5, 5.41) is 0. The molecule has 0 bridgehead atoms. The van der Waals surface area contributed by atoms with Gasteiger partial charge in [0.05, 0.1) is 27.5 Å².